The van der Waals surface area contributed by atoms with Crippen LogP contribution in [0, 0.1) is 0 Å². The highest BCUT2D eigenvalue weighted by molar-refractivity contribution is 6.21. The lowest BCUT2D eigenvalue weighted by molar-refractivity contribution is -0.118. The molecule has 5 heteroatoms. The van der Waals surface area contributed by atoms with E-state index in [1.807, 2.05) is 0 Å². The lowest BCUT2D eigenvalue weighted by Gasteiger charge is -1.93. The zero-order valence-electron chi connectivity index (χ0n) is 5.20. The van der Waals surface area contributed by atoms with E-state index in [9.17, 15) is 9.59 Å². The smallest absolute Gasteiger partial charge is 0.246 e. The van der Waals surface area contributed by atoms with Crippen LogP contribution in [0.1, 0.15) is 0 Å². The highest BCUT2D eigenvalue weighted by atomic mass is 16.3. The summed E-state index contributed by atoms with van der Waals surface area (Å²) >= 11 is 0. The summed E-state index contributed by atoms with van der Waals surface area (Å²) in [4.78, 5) is 20.1. The molecule has 0 aromatic heterocycles. The first-order valence-corrected chi connectivity index (χ1v) is 2.54. The van der Waals surface area contributed by atoms with Gasteiger partial charge < -0.3 is 15.2 Å². The second-order valence-electron chi connectivity index (χ2n) is 1.48. The first-order valence-electron chi connectivity index (χ1n) is 2.54. The summed E-state index contributed by atoms with van der Waals surface area (Å²) in [5.41, 5.74) is -0.580. The molecule has 0 aliphatic carbocycles. The maximum atomic E-state index is 10.4. The number of hydrogen-bond acceptors (Lipinski definition) is 3. The molecule has 0 aromatic rings. The van der Waals surface area contributed by atoms with E-state index in [2.05, 4.69) is 5.32 Å². The monoisotopic (exact) mass is 139 g/mol. The number of carbonyl (C=O) groups is 2. The van der Waals surface area contributed by atoms with Crippen LogP contribution in [-0.4, -0.2) is 31.7 Å². The van der Waals surface area contributed by atoms with Gasteiger partial charge in [-0.2, -0.15) is 0 Å². The highest BCUT2D eigenvalue weighted by Gasteiger charge is 1.93. The summed E-state index contributed by atoms with van der Waals surface area (Å²) in [5, 5.41) is 10.5. The summed E-state index contributed by atoms with van der Waals surface area (Å²) in [6.45, 7) is -0.0807. The van der Waals surface area contributed by atoms with Crippen molar-refractivity contribution in [3.05, 3.63) is 11.7 Å². The van der Waals surface area contributed by atoms with Gasteiger partial charge in [-0.05, 0) is 0 Å². The molecule has 0 fully saturated rings. The summed E-state index contributed by atoms with van der Waals surface area (Å²) < 4.78 is 0. The average Bonchev–Trinajstić information content (AvgIpc) is 1.82. The quantitative estimate of drug-likeness (QED) is 0.225. The minimum absolute atomic E-state index is 0.0807. The molecule has 52 valence electrons. The molecule has 10 heavy (non-hydrogen) atoms. The fourth-order valence-electron chi connectivity index (χ4n) is 0.328. The van der Waals surface area contributed by atoms with E-state index in [1.165, 1.54) is 0 Å². The molecule has 1 amide bonds. The standard InChI is InChI=1S/C5H6BNO3/c6-4(9)3-5(10)7-1-2-8/h2-3,9H,1H2,(H,7,10)/b4-3+. The third kappa shape index (κ3) is 4.89. The van der Waals surface area contributed by atoms with Crippen LogP contribution in [0.4, 0.5) is 0 Å². The Bertz CT molecular complexity index is 162. The molecule has 2 N–H and O–H groups in total. The van der Waals surface area contributed by atoms with Crippen molar-refractivity contribution in [2.45, 2.75) is 0 Å². The summed E-state index contributed by atoms with van der Waals surface area (Å²) in [5.74, 6) is -0.591. The maximum Gasteiger partial charge on any atom is 0.246 e. The molecule has 0 aliphatic rings. The fraction of sp³-hybridized carbons (Fsp3) is 0.200. The number of aldehydes is 1. The average molecular weight is 139 g/mol. The van der Waals surface area contributed by atoms with Crippen molar-refractivity contribution in [3.63, 3.8) is 0 Å². The Morgan fingerprint density at radius 3 is 2.70 bits per heavy atom. The molecule has 0 spiro atoms. The first-order chi connectivity index (χ1) is 4.66. The van der Waals surface area contributed by atoms with Crippen LogP contribution >= 0.6 is 0 Å². The number of rotatable bonds is 3. The molecule has 0 aromatic carbocycles. The third-order valence-corrected chi connectivity index (χ3v) is 0.639. The van der Waals surface area contributed by atoms with E-state index in [4.69, 9.17) is 13.0 Å². The van der Waals surface area contributed by atoms with E-state index in [0.717, 1.165) is 6.08 Å². The van der Waals surface area contributed by atoms with Crippen molar-refractivity contribution in [1.82, 2.24) is 5.32 Å². The van der Waals surface area contributed by atoms with Gasteiger partial charge in [0.25, 0.3) is 0 Å². The zero-order chi connectivity index (χ0) is 7.98. The van der Waals surface area contributed by atoms with Crippen molar-refractivity contribution in [1.29, 1.82) is 0 Å². The van der Waals surface area contributed by atoms with Gasteiger partial charge in [0.15, 0.2) is 7.85 Å². The predicted octanol–water partition coefficient (Wildman–Crippen LogP) is -1.13. The largest absolute Gasteiger partial charge is 0.524 e. The van der Waals surface area contributed by atoms with Gasteiger partial charge in [0.2, 0.25) is 5.91 Å². The van der Waals surface area contributed by atoms with Crippen molar-refractivity contribution >= 4 is 20.0 Å². The van der Waals surface area contributed by atoms with Gasteiger partial charge in [-0.1, -0.05) is 0 Å². The Hall–Kier alpha value is -1.26. The maximum absolute atomic E-state index is 10.4. The molecule has 2 radical (unpaired) electrons. The normalized spacial score (nSPS) is 10.6. The van der Waals surface area contributed by atoms with E-state index in [0.29, 0.717) is 6.29 Å². The van der Waals surface area contributed by atoms with E-state index < -0.39 is 11.6 Å². The Morgan fingerprint density at radius 1 is 1.70 bits per heavy atom. The molecule has 0 saturated heterocycles. The summed E-state index contributed by atoms with van der Waals surface area (Å²) in [6, 6.07) is 0. The number of hydrogen-bond donors (Lipinski definition) is 2. The SMILES string of the molecule is [B]/C(O)=C\C(=O)NCC=O. The van der Waals surface area contributed by atoms with Gasteiger partial charge in [0.05, 0.1) is 6.54 Å². The Kier molecular flexibility index (Phi) is 4.03. The van der Waals surface area contributed by atoms with Crippen LogP contribution in [0.3, 0.4) is 0 Å². The molecule has 0 rings (SSSR count). The fourth-order valence-corrected chi connectivity index (χ4v) is 0.328. The van der Waals surface area contributed by atoms with Crippen LogP contribution in [0.2, 0.25) is 0 Å². The van der Waals surface area contributed by atoms with Crippen molar-refractivity contribution in [2.24, 2.45) is 0 Å². The van der Waals surface area contributed by atoms with Gasteiger partial charge >= 0.3 is 0 Å². The highest BCUT2D eigenvalue weighted by Crippen LogP contribution is 1.76. The second kappa shape index (κ2) is 4.61. The van der Waals surface area contributed by atoms with Crippen molar-refractivity contribution in [2.75, 3.05) is 6.54 Å². The molecule has 0 unspecified atom stereocenters. The van der Waals surface area contributed by atoms with Crippen LogP contribution in [0.25, 0.3) is 0 Å². The Labute approximate surface area is 59.3 Å². The van der Waals surface area contributed by atoms with Crippen LogP contribution in [-0.2, 0) is 9.59 Å². The molecule has 0 atom stereocenters. The van der Waals surface area contributed by atoms with Gasteiger partial charge in [-0.25, -0.2) is 0 Å². The van der Waals surface area contributed by atoms with Crippen LogP contribution in [0.15, 0.2) is 11.7 Å². The lowest BCUT2D eigenvalue weighted by atomic mass is 10.1. The molecule has 0 aliphatic heterocycles. The van der Waals surface area contributed by atoms with Gasteiger partial charge in [0, 0.05) is 11.7 Å². The minimum atomic E-state index is -0.591. The molecular weight excluding hydrogens is 133 g/mol. The lowest BCUT2D eigenvalue weighted by Crippen LogP contribution is -2.23. The topological polar surface area (TPSA) is 66.4 Å². The number of amides is 1. The number of nitrogens with one attached hydrogen (secondary N) is 1. The predicted molar refractivity (Wildman–Crippen MR) is 35.5 cm³/mol. The van der Waals surface area contributed by atoms with E-state index >= 15 is 0 Å². The van der Waals surface area contributed by atoms with Gasteiger partial charge in [-0.3, -0.25) is 4.79 Å². The molecule has 4 nitrogen and oxygen atoms in total. The number of aliphatic hydroxyl groups is 1. The minimum Gasteiger partial charge on any atom is -0.524 e. The van der Waals surface area contributed by atoms with Crippen molar-refractivity contribution in [3.8, 4) is 0 Å². The molecule has 0 saturated carbocycles. The third-order valence-electron chi connectivity index (χ3n) is 0.639. The summed E-state index contributed by atoms with van der Waals surface area (Å²) in [7, 11) is 4.73. The number of aliphatic hydroxyl groups excluding tert-OH is 1. The zero-order valence-corrected chi connectivity index (χ0v) is 5.20. The number of carbonyl (C=O) groups excluding carboxylic acids is 2. The van der Waals surface area contributed by atoms with Crippen LogP contribution in [0.5, 0.6) is 0 Å². The molecular formula is C5H6BNO3. The van der Waals surface area contributed by atoms with Gasteiger partial charge in [-0.15, -0.1) is 0 Å². The molecule has 0 bridgehead atoms. The Morgan fingerprint density at radius 2 is 2.30 bits per heavy atom. The Balaban J connectivity index is 3.64. The van der Waals surface area contributed by atoms with E-state index in [-0.39, 0.29) is 6.54 Å². The van der Waals surface area contributed by atoms with Crippen molar-refractivity contribution < 1.29 is 14.7 Å². The van der Waals surface area contributed by atoms with Gasteiger partial charge in [0.1, 0.15) is 6.29 Å². The summed E-state index contributed by atoms with van der Waals surface area (Å²) in [6.07, 6.45) is 1.31. The first kappa shape index (κ1) is 8.74. The molecule has 0 heterocycles. The van der Waals surface area contributed by atoms with Crippen LogP contribution < -0.4 is 5.32 Å². The second-order valence-corrected chi connectivity index (χ2v) is 1.48. The van der Waals surface area contributed by atoms with E-state index in [1.54, 1.807) is 0 Å².